The summed E-state index contributed by atoms with van der Waals surface area (Å²) < 4.78 is 1.66. The summed E-state index contributed by atoms with van der Waals surface area (Å²) in [5, 5.41) is 16.0. The average Bonchev–Trinajstić information content (AvgIpc) is 2.72. The van der Waals surface area contributed by atoms with Crippen molar-refractivity contribution in [3.05, 3.63) is 42.0 Å². The molecule has 0 saturated carbocycles. The summed E-state index contributed by atoms with van der Waals surface area (Å²) >= 11 is 0. The smallest absolute Gasteiger partial charge is 0.253 e. The molecule has 0 aromatic carbocycles. The predicted molar refractivity (Wildman–Crippen MR) is 60.3 cm³/mol. The quantitative estimate of drug-likeness (QED) is 0.805. The highest BCUT2D eigenvalue weighted by molar-refractivity contribution is 5.94. The molecule has 6 heteroatoms. The largest absolute Gasteiger partial charge is 0.506 e. The lowest BCUT2D eigenvalue weighted by atomic mass is 10.2. The Balaban J connectivity index is 1.98. The third-order valence-electron chi connectivity index (χ3n) is 2.18. The van der Waals surface area contributed by atoms with E-state index >= 15 is 0 Å². The Bertz CT molecular complexity index is 536. The van der Waals surface area contributed by atoms with Gasteiger partial charge in [-0.1, -0.05) is 0 Å². The van der Waals surface area contributed by atoms with Gasteiger partial charge in [0.15, 0.2) is 0 Å². The molecule has 2 aromatic heterocycles. The van der Waals surface area contributed by atoms with Crippen LogP contribution in [0.4, 0.5) is 0 Å². The van der Waals surface area contributed by atoms with Crippen LogP contribution in [0.15, 0.2) is 30.7 Å². The Morgan fingerprint density at radius 2 is 2.35 bits per heavy atom. The van der Waals surface area contributed by atoms with Gasteiger partial charge in [-0.3, -0.25) is 14.5 Å². The molecule has 1 amide bonds. The maximum absolute atomic E-state index is 11.7. The number of amides is 1. The number of nitrogens with zero attached hydrogens (tertiary/aromatic N) is 3. The van der Waals surface area contributed by atoms with Gasteiger partial charge in [0.2, 0.25) is 0 Å². The van der Waals surface area contributed by atoms with Crippen LogP contribution < -0.4 is 5.32 Å². The van der Waals surface area contributed by atoms with Gasteiger partial charge in [0, 0.05) is 19.4 Å². The fraction of sp³-hybridized carbons (Fsp3) is 0.182. The normalized spacial score (nSPS) is 10.2. The fourth-order valence-electron chi connectivity index (χ4n) is 1.38. The summed E-state index contributed by atoms with van der Waals surface area (Å²) in [7, 11) is 1.81. The lowest BCUT2D eigenvalue weighted by Crippen LogP contribution is -2.23. The molecule has 0 fully saturated rings. The van der Waals surface area contributed by atoms with Crippen LogP contribution in [-0.4, -0.2) is 25.8 Å². The first-order valence-electron chi connectivity index (χ1n) is 5.06. The van der Waals surface area contributed by atoms with Crippen LogP contribution in [-0.2, 0) is 13.6 Å². The molecule has 88 valence electrons. The average molecular weight is 232 g/mol. The SMILES string of the molecule is Cn1ccc(CNC(=O)c2cncc(O)c2)n1. The Labute approximate surface area is 97.9 Å². The van der Waals surface area contributed by atoms with Crippen molar-refractivity contribution in [2.75, 3.05) is 0 Å². The molecular weight excluding hydrogens is 220 g/mol. The lowest BCUT2D eigenvalue weighted by molar-refractivity contribution is 0.0949. The number of carbonyl (C=O) groups is 1. The topological polar surface area (TPSA) is 80.0 Å². The van der Waals surface area contributed by atoms with E-state index < -0.39 is 0 Å². The molecule has 0 aliphatic carbocycles. The van der Waals surface area contributed by atoms with Crippen LogP contribution in [0.2, 0.25) is 0 Å². The first-order chi connectivity index (χ1) is 8.15. The fourth-order valence-corrected chi connectivity index (χ4v) is 1.38. The standard InChI is InChI=1S/C11H12N4O2/c1-15-3-2-9(14-15)6-13-11(17)8-4-10(16)7-12-5-8/h2-5,7,16H,6H2,1H3,(H,13,17). The molecule has 0 spiro atoms. The minimum atomic E-state index is -0.293. The highest BCUT2D eigenvalue weighted by atomic mass is 16.3. The van der Waals surface area contributed by atoms with E-state index in [2.05, 4.69) is 15.4 Å². The van der Waals surface area contributed by atoms with Crippen LogP contribution in [0.3, 0.4) is 0 Å². The van der Waals surface area contributed by atoms with Gasteiger partial charge in [-0.05, 0) is 12.1 Å². The predicted octanol–water partition coefficient (Wildman–Crippen LogP) is 0.451. The van der Waals surface area contributed by atoms with E-state index in [1.807, 2.05) is 13.1 Å². The van der Waals surface area contributed by atoms with Crippen molar-refractivity contribution in [3.8, 4) is 5.75 Å². The van der Waals surface area contributed by atoms with Gasteiger partial charge in [-0.2, -0.15) is 5.10 Å². The van der Waals surface area contributed by atoms with Crippen molar-refractivity contribution < 1.29 is 9.90 Å². The van der Waals surface area contributed by atoms with Crippen molar-refractivity contribution >= 4 is 5.91 Å². The van der Waals surface area contributed by atoms with Crippen LogP contribution in [0, 0.1) is 0 Å². The summed E-state index contributed by atoms with van der Waals surface area (Å²) in [5.74, 6) is -0.325. The van der Waals surface area contributed by atoms with Gasteiger partial charge in [-0.25, -0.2) is 0 Å². The van der Waals surface area contributed by atoms with E-state index in [1.165, 1.54) is 18.5 Å². The van der Waals surface area contributed by atoms with Gasteiger partial charge in [0.25, 0.3) is 5.91 Å². The van der Waals surface area contributed by atoms with Crippen molar-refractivity contribution in [1.82, 2.24) is 20.1 Å². The summed E-state index contributed by atoms with van der Waals surface area (Å²) in [4.78, 5) is 15.4. The van der Waals surface area contributed by atoms with Gasteiger partial charge >= 0.3 is 0 Å². The molecule has 2 heterocycles. The maximum atomic E-state index is 11.7. The molecule has 2 aromatic rings. The zero-order chi connectivity index (χ0) is 12.3. The number of aryl methyl sites for hydroxylation is 1. The molecule has 0 saturated heterocycles. The molecular formula is C11H12N4O2. The molecule has 0 unspecified atom stereocenters. The Kier molecular flexibility index (Phi) is 3.04. The van der Waals surface area contributed by atoms with Crippen molar-refractivity contribution in [1.29, 1.82) is 0 Å². The summed E-state index contributed by atoms with van der Waals surface area (Å²) in [6.07, 6.45) is 4.47. The first kappa shape index (κ1) is 11.1. The van der Waals surface area contributed by atoms with Crippen molar-refractivity contribution in [3.63, 3.8) is 0 Å². The number of hydrogen-bond donors (Lipinski definition) is 2. The number of hydrogen-bond acceptors (Lipinski definition) is 4. The molecule has 6 nitrogen and oxygen atoms in total. The van der Waals surface area contributed by atoms with Crippen LogP contribution in [0.5, 0.6) is 5.75 Å². The summed E-state index contributed by atoms with van der Waals surface area (Å²) in [6.45, 7) is 0.343. The third kappa shape index (κ3) is 2.81. The maximum Gasteiger partial charge on any atom is 0.253 e. The van der Waals surface area contributed by atoms with Crippen LogP contribution >= 0.6 is 0 Å². The van der Waals surface area contributed by atoms with Crippen molar-refractivity contribution in [2.45, 2.75) is 6.54 Å². The van der Waals surface area contributed by atoms with E-state index in [-0.39, 0.29) is 11.7 Å². The minimum absolute atomic E-state index is 0.0320. The molecule has 0 radical (unpaired) electrons. The third-order valence-corrected chi connectivity index (χ3v) is 2.18. The Hall–Kier alpha value is -2.37. The molecule has 0 aliphatic heterocycles. The van der Waals surface area contributed by atoms with Gasteiger partial charge in [0.05, 0.1) is 24.0 Å². The van der Waals surface area contributed by atoms with E-state index in [0.29, 0.717) is 12.1 Å². The van der Waals surface area contributed by atoms with E-state index in [4.69, 9.17) is 0 Å². The second-order valence-corrected chi connectivity index (χ2v) is 3.60. The monoisotopic (exact) mass is 232 g/mol. The highest BCUT2D eigenvalue weighted by Crippen LogP contribution is 2.08. The number of rotatable bonds is 3. The van der Waals surface area contributed by atoms with E-state index in [0.717, 1.165) is 5.69 Å². The molecule has 2 rings (SSSR count). The second-order valence-electron chi connectivity index (χ2n) is 3.60. The number of carbonyl (C=O) groups excluding carboxylic acids is 1. The van der Waals surface area contributed by atoms with E-state index in [1.54, 1.807) is 10.9 Å². The Morgan fingerprint density at radius 3 is 3.00 bits per heavy atom. The van der Waals surface area contributed by atoms with Crippen LogP contribution in [0.1, 0.15) is 16.1 Å². The summed E-state index contributed by atoms with van der Waals surface area (Å²) in [5.41, 5.74) is 1.09. The zero-order valence-corrected chi connectivity index (χ0v) is 9.29. The van der Waals surface area contributed by atoms with Gasteiger partial charge in [-0.15, -0.1) is 0 Å². The first-order valence-corrected chi connectivity index (χ1v) is 5.06. The van der Waals surface area contributed by atoms with Gasteiger partial charge < -0.3 is 10.4 Å². The van der Waals surface area contributed by atoms with Crippen molar-refractivity contribution in [2.24, 2.45) is 7.05 Å². The molecule has 17 heavy (non-hydrogen) atoms. The zero-order valence-electron chi connectivity index (χ0n) is 9.29. The Morgan fingerprint density at radius 1 is 1.53 bits per heavy atom. The number of aromatic hydroxyl groups is 1. The summed E-state index contributed by atoms with van der Waals surface area (Å²) in [6, 6.07) is 3.18. The lowest BCUT2D eigenvalue weighted by Gasteiger charge is -2.03. The number of nitrogens with one attached hydrogen (secondary N) is 1. The molecule has 0 aliphatic rings. The minimum Gasteiger partial charge on any atom is -0.506 e. The molecule has 0 atom stereocenters. The molecule has 2 N–H and O–H groups in total. The second kappa shape index (κ2) is 4.65. The van der Waals surface area contributed by atoms with Crippen LogP contribution in [0.25, 0.3) is 0 Å². The molecule has 0 bridgehead atoms. The number of pyridine rings is 1. The van der Waals surface area contributed by atoms with Gasteiger partial charge in [0.1, 0.15) is 5.75 Å². The highest BCUT2D eigenvalue weighted by Gasteiger charge is 2.07. The van der Waals surface area contributed by atoms with E-state index in [9.17, 15) is 9.90 Å². The number of aromatic nitrogens is 3.